The van der Waals surface area contributed by atoms with Crippen molar-refractivity contribution in [3.8, 4) is 0 Å². The van der Waals surface area contributed by atoms with Crippen LogP contribution in [0.4, 0.5) is 0 Å². The van der Waals surface area contributed by atoms with Gasteiger partial charge in [-0.25, -0.2) is 0 Å². The lowest BCUT2D eigenvalue weighted by atomic mass is 10.1. The molecule has 2 aromatic carbocycles. The molecule has 0 atom stereocenters. The van der Waals surface area contributed by atoms with E-state index in [1.807, 2.05) is 19.1 Å². The number of hydrogen-bond donors (Lipinski definition) is 0. The molecule has 0 saturated heterocycles. The van der Waals surface area contributed by atoms with Gasteiger partial charge in [0.1, 0.15) is 6.61 Å². The SMILES string of the molecule is CC(=O)OC/C=C/c1ccccc1/C=N\S(=O)(=O)c1ccc(C)cc1. The van der Waals surface area contributed by atoms with Gasteiger partial charge in [-0.1, -0.05) is 48.0 Å². The van der Waals surface area contributed by atoms with Crippen LogP contribution in [0.5, 0.6) is 0 Å². The first-order chi connectivity index (χ1) is 11.9. The zero-order valence-electron chi connectivity index (χ0n) is 14.0. The van der Waals surface area contributed by atoms with Gasteiger partial charge in [-0.2, -0.15) is 12.8 Å². The fraction of sp³-hybridized carbons (Fsp3) is 0.158. The second-order valence-corrected chi connectivity index (χ2v) is 6.99. The smallest absolute Gasteiger partial charge is 0.302 e. The van der Waals surface area contributed by atoms with Crippen molar-refractivity contribution in [2.24, 2.45) is 4.40 Å². The molecular formula is C19H19NO4S. The number of hydrogen-bond acceptors (Lipinski definition) is 4. The Kier molecular flexibility index (Phi) is 6.25. The number of sulfonamides is 1. The second-order valence-electron chi connectivity index (χ2n) is 5.36. The van der Waals surface area contributed by atoms with Crippen LogP contribution in [0.15, 0.2) is 63.9 Å². The number of nitrogens with zero attached hydrogens (tertiary/aromatic N) is 1. The van der Waals surface area contributed by atoms with Crippen LogP contribution in [-0.4, -0.2) is 27.2 Å². The maximum atomic E-state index is 12.3. The Morgan fingerprint density at radius 1 is 1.08 bits per heavy atom. The molecule has 0 fully saturated rings. The van der Waals surface area contributed by atoms with Gasteiger partial charge in [-0.05, 0) is 30.7 Å². The van der Waals surface area contributed by atoms with Crippen molar-refractivity contribution in [2.75, 3.05) is 6.61 Å². The number of carbonyl (C=O) groups is 1. The van der Waals surface area contributed by atoms with Gasteiger partial charge in [-0.15, -0.1) is 0 Å². The predicted octanol–water partition coefficient (Wildman–Crippen LogP) is 3.38. The maximum absolute atomic E-state index is 12.3. The predicted molar refractivity (Wildman–Crippen MR) is 98.1 cm³/mol. The van der Waals surface area contributed by atoms with Crippen LogP contribution in [0.3, 0.4) is 0 Å². The van der Waals surface area contributed by atoms with E-state index in [1.54, 1.807) is 36.4 Å². The van der Waals surface area contributed by atoms with Gasteiger partial charge in [-0.3, -0.25) is 4.79 Å². The van der Waals surface area contributed by atoms with E-state index in [0.717, 1.165) is 11.1 Å². The van der Waals surface area contributed by atoms with Gasteiger partial charge in [0.25, 0.3) is 10.0 Å². The zero-order valence-corrected chi connectivity index (χ0v) is 14.9. The molecule has 0 N–H and O–H groups in total. The Morgan fingerprint density at radius 3 is 2.36 bits per heavy atom. The van der Waals surface area contributed by atoms with Crippen LogP contribution in [0.2, 0.25) is 0 Å². The topological polar surface area (TPSA) is 72.8 Å². The molecule has 0 aliphatic rings. The lowest BCUT2D eigenvalue weighted by Gasteiger charge is -2.02. The molecule has 0 aliphatic carbocycles. The molecule has 25 heavy (non-hydrogen) atoms. The molecular weight excluding hydrogens is 338 g/mol. The molecule has 0 unspecified atom stereocenters. The van der Waals surface area contributed by atoms with Crippen LogP contribution < -0.4 is 0 Å². The number of aryl methyl sites for hydroxylation is 1. The highest BCUT2D eigenvalue weighted by Crippen LogP contribution is 2.14. The number of rotatable bonds is 6. The van der Waals surface area contributed by atoms with Crippen molar-refractivity contribution in [3.05, 3.63) is 71.3 Å². The number of esters is 1. The maximum Gasteiger partial charge on any atom is 0.302 e. The Balaban J connectivity index is 2.20. The standard InChI is InChI=1S/C19H19NO4S/c1-15-9-11-19(12-10-15)25(22,23)20-14-18-7-4-3-6-17(18)8-5-13-24-16(2)21/h3-12,14H,13H2,1-2H3/b8-5+,20-14-. The first-order valence-corrected chi connectivity index (χ1v) is 9.08. The second kappa shape index (κ2) is 8.39. The average molecular weight is 357 g/mol. The van der Waals surface area contributed by atoms with E-state index in [0.29, 0.717) is 5.56 Å². The molecule has 2 rings (SSSR count). The van der Waals surface area contributed by atoms with E-state index < -0.39 is 10.0 Å². The van der Waals surface area contributed by atoms with Crippen molar-refractivity contribution in [1.82, 2.24) is 0 Å². The van der Waals surface area contributed by atoms with E-state index >= 15 is 0 Å². The van der Waals surface area contributed by atoms with E-state index in [-0.39, 0.29) is 17.5 Å². The Bertz CT molecular complexity index is 897. The van der Waals surface area contributed by atoms with Gasteiger partial charge in [0.15, 0.2) is 0 Å². The molecule has 2 aromatic rings. The van der Waals surface area contributed by atoms with Gasteiger partial charge in [0, 0.05) is 18.7 Å². The fourth-order valence-electron chi connectivity index (χ4n) is 2.02. The quantitative estimate of drug-likeness (QED) is 0.587. The minimum Gasteiger partial charge on any atom is -0.462 e. The van der Waals surface area contributed by atoms with E-state index in [4.69, 9.17) is 4.74 Å². The van der Waals surface area contributed by atoms with Gasteiger partial charge in [0.2, 0.25) is 0 Å². The highest BCUT2D eigenvalue weighted by molar-refractivity contribution is 7.90. The number of ether oxygens (including phenoxy) is 1. The largest absolute Gasteiger partial charge is 0.462 e. The molecule has 0 heterocycles. The number of benzene rings is 2. The van der Waals surface area contributed by atoms with Crippen molar-refractivity contribution >= 4 is 28.3 Å². The summed E-state index contributed by atoms with van der Waals surface area (Å²) in [4.78, 5) is 10.9. The number of carbonyl (C=O) groups excluding carboxylic acids is 1. The van der Waals surface area contributed by atoms with Crippen molar-refractivity contribution in [1.29, 1.82) is 0 Å². The fourth-order valence-corrected chi connectivity index (χ4v) is 2.87. The molecule has 0 saturated carbocycles. The molecule has 0 amide bonds. The van der Waals surface area contributed by atoms with Crippen LogP contribution >= 0.6 is 0 Å². The van der Waals surface area contributed by atoms with Crippen LogP contribution in [0.1, 0.15) is 23.6 Å². The summed E-state index contributed by atoms with van der Waals surface area (Å²) in [6.45, 7) is 3.38. The van der Waals surface area contributed by atoms with E-state index in [9.17, 15) is 13.2 Å². The molecule has 0 aromatic heterocycles. The van der Waals surface area contributed by atoms with Gasteiger partial charge >= 0.3 is 5.97 Å². The highest BCUT2D eigenvalue weighted by atomic mass is 32.2. The van der Waals surface area contributed by atoms with E-state index in [2.05, 4.69) is 4.40 Å². The summed E-state index contributed by atoms with van der Waals surface area (Å²) in [5, 5.41) is 0. The summed E-state index contributed by atoms with van der Waals surface area (Å²) in [7, 11) is -3.75. The lowest BCUT2D eigenvalue weighted by molar-refractivity contribution is -0.139. The Morgan fingerprint density at radius 2 is 1.72 bits per heavy atom. The summed E-state index contributed by atoms with van der Waals surface area (Å²) in [5.41, 5.74) is 2.40. The Hall–Kier alpha value is -2.73. The summed E-state index contributed by atoms with van der Waals surface area (Å²) < 4.78 is 33.2. The van der Waals surface area contributed by atoms with Crippen molar-refractivity contribution < 1.29 is 17.9 Å². The van der Waals surface area contributed by atoms with Crippen LogP contribution in [-0.2, 0) is 19.6 Å². The molecule has 0 bridgehead atoms. The summed E-state index contributed by atoms with van der Waals surface area (Å²) >= 11 is 0. The van der Waals surface area contributed by atoms with Crippen LogP contribution in [0, 0.1) is 6.92 Å². The zero-order chi connectivity index (χ0) is 18.3. The minimum absolute atomic E-state index is 0.150. The van der Waals surface area contributed by atoms with Gasteiger partial charge in [0.05, 0.1) is 4.90 Å². The molecule has 0 spiro atoms. The summed E-state index contributed by atoms with van der Waals surface area (Å²) in [6, 6.07) is 13.7. The Labute approximate surface area is 147 Å². The van der Waals surface area contributed by atoms with E-state index in [1.165, 1.54) is 25.3 Å². The summed E-state index contributed by atoms with van der Waals surface area (Å²) in [5.74, 6) is -0.358. The molecule has 6 heteroatoms. The normalized spacial score (nSPS) is 11.9. The van der Waals surface area contributed by atoms with Crippen LogP contribution in [0.25, 0.3) is 6.08 Å². The lowest BCUT2D eigenvalue weighted by Crippen LogP contribution is -1.99. The first kappa shape index (κ1) is 18.6. The highest BCUT2D eigenvalue weighted by Gasteiger charge is 2.11. The van der Waals surface area contributed by atoms with Crippen molar-refractivity contribution in [2.45, 2.75) is 18.7 Å². The first-order valence-electron chi connectivity index (χ1n) is 7.64. The monoisotopic (exact) mass is 357 g/mol. The molecule has 0 radical (unpaired) electrons. The summed E-state index contributed by atoms with van der Waals surface area (Å²) in [6.07, 6.45) is 4.76. The minimum atomic E-state index is -3.75. The third kappa shape index (κ3) is 5.69. The third-order valence-corrected chi connectivity index (χ3v) is 4.58. The van der Waals surface area contributed by atoms with Crippen molar-refractivity contribution in [3.63, 3.8) is 0 Å². The van der Waals surface area contributed by atoms with Gasteiger partial charge < -0.3 is 4.74 Å². The molecule has 0 aliphatic heterocycles. The molecule has 5 nitrogen and oxygen atoms in total. The molecule has 130 valence electrons. The average Bonchev–Trinajstić information content (AvgIpc) is 2.58. The third-order valence-electron chi connectivity index (χ3n) is 3.33.